The van der Waals surface area contributed by atoms with Gasteiger partial charge in [0.25, 0.3) is 0 Å². The minimum absolute atomic E-state index is 0.312. The fourth-order valence-electron chi connectivity index (χ4n) is 1.45. The van der Waals surface area contributed by atoms with Gasteiger partial charge < -0.3 is 10.4 Å². The van der Waals surface area contributed by atoms with E-state index in [1.54, 1.807) is 11.3 Å². The van der Waals surface area contributed by atoms with Crippen molar-refractivity contribution in [3.8, 4) is 0 Å². The highest BCUT2D eigenvalue weighted by Gasteiger charge is 2.09. The molecule has 0 aliphatic heterocycles. The van der Waals surface area contributed by atoms with Gasteiger partial charge in [0.05, 0.1) is 17.3 Å². The summed E-state index contributed by atoms with van der Waals surface area (Å²) >= 11 is 1.67. The molecule has 0 aromatic carbocycles. The second kappa shape index (κ2) is 6.17. The lowest BCUT2D eigenvalue weighted by molar-refractivity contribution is 0.123. The first-order valence-electron chi connectivity index (χ1n) is 5.03. The summed E-state index contributed by atoms with van der Waals surface area (Å²) in [6.45, 7) is 4.19. The first-order valence-corrected chi connectivity index (χ1v) is 5.91. The lowest BCUT2D eigenvalue weighted by atomic mass is 10.3. The molecule has 0 spiro atoms. The number of nitrogens with zero attached hydrogens (tertiary/aromatic N) is 2. The second-order valence-electron chi connectivity index (χ2n) is 3.77. The summed E-state index contributed by atoms with van der Waals surface area (Å²) in [4.78, 5) is 7.59. The van der Waals surface area contributed by atoms with E-state index in [2.05, 4.69) is 15.2 Å². The molecule has 2 N–H and O–H groups in total. The van der Waals surface area contributed by atoms with Gasteiger partial charge in [-0.05, 0) is 21.0 Å². The Morgan fingerprint density at radius 2 is 2.40 bits per heavy atom. The molecule has 1 unspecified atom stereocenters. The highest BCUT2D eigenvalue weighted by atomic mass is 32.1. The summed E-state index contributed by atoms with van der Waals surface area (Å²) in [5.74, 6) is 0. The van der Waals surface area contributed by atoms with E-state index < -0.39 is 0 Å². The Labute approximate surface area is 94.9 Å². The predicted octanol–water partition coefficient (Wildman–Crippen LogP) is 0.464. The van der Waals surface area contributed by atoms with Crippen molar-refractivity contribution < 1.29 is 5.11 Å². The number of nitrogens with one attached hydrogen (secondary N) is 1. The SMILES string of the molecule is CNCC(O)CN(C)Cc1scnc1C. The first kappa shape index (κ1) is 12.6. The number of hydrogen-bond donors (Lipinski definition) is 2. The normalized spacial score (nSPS) is 13.4. The van der Waals surface area contributed by atoms with Crippen LogP contribution in [0, 0.1) is 6.92 Å². The van der Waals surface area contributed by atoms with Crippen LogP contribution in [-0.4, -0.2) is 48.3 Å². The van der Waals surface area contributed by atoms with Gasteiger partial charge in [-0.15, -0.1) is 11.3 Å². The van der Waals surface area contributed by atoms with Crippen LogP contribution >= 0.6 is 11.3 Å². The Hall–Kier alpha value is -0.490. The van der Waals surface area contributed by atoms with Gasteiger partial charge in [-0.2, -0.15) is 0 Å². The fourth-order valence-corrected chi connectivity index (χ4v) is 2.30. The van der Waals surface area contributed by atoms with Gasteiger partial charge in [0.15, 0.2) is 0 Å². The molecule has 5 heteroatoms. The molecular formula is C10H19N3OS. The molecule has 0 aliphatic rings. The average Bonchev–Trinajstić information content (AvgIpc) is 2.52. The zero-order valence-corrected chi connectivity index (χ0v) is 10.3. The lowest BCUT2D eigenvalue weighted by Gasteiger charge is -2.19. The standard InChI is InChI=1S/C10H19N3OS/c1-8-10(15-7-12-8)6-13(3)5-9(14)4-11-2/h7,9,11,14H,4-6H2,1-3H3. The quantitative estimate of drug-likeness (QED) is 0.744. The third-order valence-corrected chi connectivity index (χ3v) is 3.14. The number of likely N-dealkylation sites (N-methyl/N-ethyl adjacent to an activating group) is 2. The van der Waals surface area contributed by atoms with Crippen molar-refractivity contribution in [3.63, 3.8) is 0 Å². The number of aliphatic hydroxyl groups excluding tert-OH is 1. The van der Waals surface area contributed by atoms with Gasteiger partial charge in [0, 0.05) is 24.5 Å². The molecule has 15 heavy (non-hydrogen) atoms. The van der Waals surface area contributed by atoms with Crippen LogP contribution in [0.3, 0.4) is 0 Å². The van der Waals surface area contributed by atoms with Crippen LogP contribution < -0.4 is 5.32 Å². The number of thiazole rings is 1. The van der Waals surface area contributed by atoms with Gasteiger partial charge in [-0.25, -0.2) is 4.98 Å². The Kier molecular flexibility index (Phi) is 5.17. The van der Waals surface area contributed by atoms with Crippen molar-refractivity contribution in [2.45, 2.75) is 19.6 Å². The molecular weight excluding hydrogens is 210 g/mol. The topological polar surface area (TPSA) is 48.4 Å². The van der Waals surface area contributed by atoms with Crippen molar-refractivity contribution in [2.75, 3.05) is 27.2 Å². The van der Waals surface area contributed by atoms with Crippen LogP contribution in [-0.2, 0) is 6.54 Å². The molecule has 1 heterocycles. The molecule has 0 fully saturated rings. The lowest BCUT2D eigenvalue weighted by Crippen LogP contribution is -2.35. The maximum Gasteiger partial charge on any atom is 0.0798 e. The van der Waals surface area contributed by atoms with E-state index in [9.17, 15) is 5.11 Å². The Bertz CT molecular complexity index is 290. The summed E-state index contributed by atoms with van der Waals surface area (Å²) < 4.78 is 0. The minimum atomic E-state index is -0.312. The molecule has 0 saturated carbocycles. The number of aromatic nitrogens is 1. The third kappa shape index (κ3) is 4.25. The molecule has 1 aromatic rings. The number of rotatable bonds is 6. The van der Waals surface area contributed by atoms with Crippen molar-refractivity contribution in [2.24, 2.45) is 0 Å². The van der Waals surface area contributed by atoms with E-state index in [0.29, 0.717) is 13.1 Å². The molecule has 4 nitrogen and oxygen atoms in total. The zero-order valence-electron chi connectivity index (χ0n) is 9.53. The van der Waals surface area contributed by atoms with Gasteiger partial charge >= 0.3 is 0 Å². The Balaban J connectivity index is 2.36. The average molecular weight is 229 g/mol. The molecule has 0 amide bonds. The summed E-state index contributed by atoms with van der Waals surface area (Å²) in [6.07, 6.45) is -0.312. The molecule has 1 atom stereocenters. The summed E-state index contributed by atoms with van der Waals surface area (Å²) in [5, 5.41) is 12.6. The van der Waals surface area contributed by atoms with E-state index in [0.717, 1.165) is 12.2 Å². The maximum atomic E-state index is 9.60. The highest BCUT2D eigenvalue weighted by Crippen LogP contribution is 2.13. The van der Waals surface area contributed by atoms with Gasteiger partial charge in [-0.3, -0.25) is 4.90 Å². The van der Waals surface area contributed by atoms with Crippen LogP contribution in [0.15, 0.2) is 5.51 Å². The maximum absolute atomic E-state index is 9.60. The third-order valence-electron chi connectivity index (χ3n) is 2.22. The smallest absolute Gasteiger partial charge is 0.0798 e. The van der Waals surface area contributed by atoms with E-state index in [-0.39, 0.29) is 6.10 Å². The van der Waals surface area contributed by atoms with Crippen LogP contribution in [0.1, 0.15) is 10.6 Å². The van der Waals surface area contributed by atoms with Crippen molar-refractivity contribution in [3.05, 3.63) is 16.1 Å². The molecule has 1 aromatic heterocycles. The molecule has 0 saturated heterocycles. The van der Waals surface area contributed by atoms with Crippen molar-refractivity contribution in [1.29, 1.82) is 0 Å². The summed E-state index contributed by atoms with van der Waals surface area (Å²) in [5.41, 5.74) is 2.96. The first-order chi connectivity index (χ1) is 7.13. The highest BCUT2D eigenvalue weighted by molar-refractivity contribution is 7.09. The number of aliphatic hydroxyl groups is 1. The van der Waals surface area contributed by atoms with Crippen LogP contribution in [0.25, 0.3) is 0 Å². The van der Waals surface area contributed by atoms with Crippen LogP contribution in [0.5, 0.6) is 0 Å². The van der Waals surface area contributed by atoms with E-state index in [1.165, 1.54) is 4.88 Å². The molecule has 0 bridgehead atoms. The Morgan fingerprint density at radius 3 is 2.93 bits per heavy atom. The zero-order chi connectivity index (χ0) is 11.3. The second-order valence-corrected chi connectivity index (χ2v) is 4.71. The molecule has 86 valence electrons. The Morgan fingerprint density at radius 1 is 1.67 bits per heavy atom. The van der Waals surface area contributed by atoms with E-state index >= 15 is 0 Å². The van der Waals surface area contributed by atoms with E-state index in [4.69, 9.17) is 0 Å². The largest absolute Gasteiger partial charge is 0.390 e. The number of aryl methyl sites for hydroxylation is 1. The van der Waals surface area contributed by atoms with E-state index in [1.807, 2.05) is 26.5 Å². The fraction of sp³-hybridized carbons (Fsp3) is 0.700. The monoisotopic (exact) mass is 229 g/mol. The molecule has 0 aliphatic carbocycles. The van der Waals surface area contributed by atoms with Gasteiger partial charge in [0.1, 0.15) is 0 Å². The molecule has 1 rings (SSSR count). The van der Waals surface area contributed by atoms with Gasteiger partial charge in [0.2, 0.25) is 0 Å². The summed E-state index contributed by atoms with van der Waals surface area (Å²) in [6, 6.07) is 0. The molecule has 0 radical (unpaired) electrons. The van der Waals surface area contributed by atoms with Gasteiger partial charge in [-0.1, -0.05) is 0 Å². The van der Waals surface area contributed by atoms with Crippen molar-refractivity contribution >= 4 is 11.3 Å². The van der Waals surface area contributed by atoms with Crippen molar-refractivity contribution in [1.82, 2.24) is 15.2 Å². The van der Waals surface area contributed by atoms with Crippen LogP contribution in [0.2, 0.25) is 0 Å². The summed E-state index contributed by atoms with van der Waals surface area (Å²) in [7, 11) is 3.86. The number of hydrogen-bond acceptors (Lipinski definition) is 5. The predicted molar refractivity (Wildman–Crippen MR) is 63.1 cm³/mol. The van der Waals surface area contributed by atoms with Crippen LogP contribution in [0.4, 0.5) is 0 Å². The minimum Gasteiger partial charge on any atom is -0.390 e.